The van der Waals surface area contributed by atoms with E-state index >= 15 is 0 Å². The van der Waals surface area contributed by atoms with Gasteiger partial charge in [0.15, 0.2) is 0 Å². The number of benzene rings is 3. The summed E-state index contributed by atoms with van der Waals surface area (Å²) in [6.45, 7) is 0.376. The number of carbonyl (C=O) groups excluding carboxylic acids is 1. The average Bonchev–Trinajstić information content (AvgIpc) is 3.37. The van der Waals surface area contributed by atoms with Crippen LogP contribution in [0.15, 0.2) is 83.8 Å². The zero-order valence-electron chi connectivity index (χ0n) is 19.2. The van der Waals surface area contributed by atoms with Gasteiger partial charge in [0.1, 0.15) is 10.6 Å². The minimum Gasteiger partial charge on any atom is -0.495 e. The Hall–Kier alpha value is -3.16. The van der Waals surface area contributed by atoms with Crippen LogP contribution in [0.5, 0.6) is 5.75 Å². The first-order valence-electron chi connectivity index (χ1n) is 11.6. The van der Waals surface area contributed by atoms with E-state index in [9.17, 15) is 13.2 Å². The van der Waals surface area contributed by atoms with Gasteiger partial charge in [0, 0.05) is 24.1 Å². The summed E-state index contributed by atoms with van der Waals surface area (Å²) in [6.07, 6.45) is 3.66. The first-order chi connectivity index (χ1) is 16.5. The standard InChI is InChI=1S/C27H30N2O4S/c1-33-25-17-16-22(18-26(25)34(31,32)29-23-14-8-9-15-23)27(30)28-19-24(20-10-4-2-5-11-20)21-12-6-3-7-13-21/h2-7,10-13,16-18,23-24,29H,8-9,14-15,19H2,1H3,(H,28,30). The SMILES string of the molecule is COc1ccc(C(=O)NCC(c2ccccc2)c2ccccc2)cc1S(=O)(=O)NC1CCCC1. The largest absolute Gasteiger partial charge is 0.495 e. The van der Waals surface area contributed by atoms with Gasteiger partial charge >= 0.3 is 0 Å². The van der Waals surface area contributed by atoms with Crippen LogP contribution in [0.4, 0.5) is 0 Å². The van der Waals surface area contributed by atoms with Crippen LogP contribution >= 0.6 is 0 Å². The van der Waals surface area contributed by atoms with Crippen LogP contribution in [-0.4, -0.2) is 34.0 Å². The van der Waals surface area contributed by atoms with Crippen LogP contribution in [0.25, 0.3) is 0 Å². The summed E-state index contributed by atoms with van der Waals surface area (Å²) in [5, 5.41) is 2.99. The number of nitrogens with one attached hydrogen (secondary N) is 2. The molecule has 1 saturated carbocycles. The van der Waals surface area contributed by atoms with Crippen LogP contribution in [0.1, 0.15) is 53.1 Å². The van der Waals surface area contributed by atoms with Crippen molar-refractivity contribution in [3.05, 3.63) is 95.6 Å². The van der Waals surface area contributed by atoms with Crippen molar-refractivity contribution in [2.75, 3.05) is 13.7 Å². The maximum atomic E-state index is 13.1. The molecule has 34 heavy (non-hydrogen) atoms. The Labute approximate surface area is 201 Å². The monoisotopic (exact) mass is 478 g/mol. The Bertz CT molecular complexity index is 1170. The van der Waals surface area contributed by atoms with Gasteiger partial charge in [0.05, 0.1) is 7.11 Å². The van der Waals surface area contributed by atoms with Crippen molar-refractivity contribution < 1.29 is 17.9 Å². The third-order valence-electron chi connectivity index (χ3n) is 6.26. The van der Waals surface area contributed by atoms with Crippen molar-refractivity contribution >= 4 is 15.9 Å². The molecule has 1 fully saturated rings. The highest BCUT2D eigenvalue weighted by molar-refractivity contribution is 7.89. The van der Waals surface area contributed by atoms with E-state index in [0.29, 0.717) is 6.54 Å². The fourth-order valence-corrected chi connectivity index (χ4v) is 5.95. The van der Waals surface area contributed by atoms with Crippen LogP contribution in [0, 0.1) is 0 Å². The molecule has 0 heterocycles. The fraction of sp³-hybridized carbons (Fsp3) is 0.296. The highest BCUT2D eigenvalue weighted by Gasteiger charge is 2.27. The first kappa shape index (κ1) is 24.0. The second kappa shape index (κ2) is 10.8. The molecule has 0 atom stereocenters. The third-order valence-corrected chi connectivity index (χ3v) is 7.80. The van der Waals surface area contributed by atoms with Gasteiger partial charge in [-0.1, -0.05) is 73.5 Å². The molecule has 0 aromatic heterocycles. The van der Waals surface area contributed by atoms with Gasteiger partial charge in [-0.15, -0.1) is 0 Å². The number of ether oxygens (including phenoxy) is 1. The predicted molar refractivity (Wildman–Crippen MR) is 133 cm³/mol. The number of hydrogen-bond donors (Lipinski definition) is 2. The maximum Gasteiger partial charge on any atom is 0.251 e. The van der Waals surface area contributed by atoms with E-state index in [0.717, 1.165) is 36.8 Å². The number of sulfonamides is 1. The molecule has 7 heteroatoms. The Morgan fingerprint density at radius 1 is 0.941 bits per heavy atom. The zero-order chi connectivity index (χ0) is 24.0. The molecule has 2 N–H and O–H groups in total. The summed E-state index contributed by atoms with van der Waals surface area (Å²) in [6, 6.07) is 24.4. The van der Waals surface area contributed by atoms with Crippen LogP contribution in [-0.2, 0) is 10.0 Å². The molecule has 1 amide bonds. The molecule has 3 aromatic rings. The topological polar surface area (TPSA) is 84.5 Å². The zero-order valence-corrected chi connectivity index (χ0v) is 20.1. The molecule has 0 bridgehead atoms. The van der Waals surface area contributed by atoms with Crippen LogP contribution < -0.4 is 14.8 Å². The van der Waals surface area contributed by atoms with E-state index < -0.39 is 10.0 Å². The van der Waals surface area contributed by atoms with Crippen molar-refractivity contribution in [3.63, 3.8) is 0 Å². The minimum atomic E-state index is -3.81. The summed E-state index contributed by atoms with van der Waals surface area (Å²) in [5.74, 6) is -0.151. The van der Waals surface area contributed by atoms with Crippen molar-refractivity contribution in [3.8, 4) is 5.75 Å². The van der Waals surface area contributed by atoms with Gasteiger partial charge in [0.25, 0.3) is 5.91 Å². The van der Waals surface area contributed by atoms with Gasteiger partial charge in [-0.3, -0.25) is 4.79 Å². The van der Waals surface area contributed by atoms with Crippen molar-refractivity contribution in [2.24, 2.45) is 0 Å². The molecule has 0 spiro atoms. The van der Waals surface area contributed by atoms with Gasteiger partial charge in [-0.25, -0.2) is 13.1 Å². The van der Waals surface area contributed by atoms with E-state index in [1.54, 1.807) is 6.07 Å². The third kappa shape index (κ3) is 5.66. The Kier molecular flexibility index (Phi) is 7.65. The van der Waals surface area contributed by atoms with E-state index in [1.807, 2.05) is 60.7 Å². The van der Waals surface area contributed by atoms with Crippen molar-refractivity contribution in [1.82, 2.24) is 10.0 Å². The number of methoxy groups -OCH3 is 1. The minimum absolute atomic E-state index is 0.0165. The van der Waals surface area contributed by atoms with Gasteiger partial charge < -0.3 is 10.1 Å². The summed E-state index contributed by atoms with van der Waals surface area (Å²) in [4.78, 5) is 13.1. The number of amides is 1. The normalized spacial score (nSPS) is 14.3. The lowest BCUT2D eigenvalue weighted by atomic mass is 9.91. The smallest absolute Gasteiger partial charge is 0.251 e. The van der Waals surface area contributed by atoms with Crippen LogP contribution in [0.3, 0.4) is 0 Å². The highest BCUT2D eigenvalue weighted by atomic mass is 32.2. The molecular formula is C27H30N2O4S. The molecule has 0 unspecified atom stereocenters. The van der Waals surface area contributed by atoms with Crippen LogP contribution in [0.2, 0.25) is 0 Å². The maximum absolute atomic E-state index is 13.1. The lowest BCUT2D eigenvalue weighted by Gasteiger charge is -2.19. The summed E-state index contributed by atoms with van der Waals surface area (Å²) >= 11 is 0. The Balaban J connectivity index is 1.55. The molecule has 178 valence electrons. The molecule has 4 rings (SSSR count). The lowest BCUT2D eigenvalue weighted by Crippen LogP contribution is -2.33. The fourth-order valence-electron chi connectivity index (χ4n) is 4.45. The summed E-state index contributed by atoms with van der Waals surface area (Å²) in [5.41, 5.74) is 2.45. The van der Waals surface area contributed by atoms with E-state index in [2.05, 4.69) is 10.0 Å². The molecule has 6 nitrogen and oxygen atoms in total. The highest BCUT2D eigenvalue weighted by Crippen LogP contribution is 2.28. The predicted octanol–water partition coefficient (Wildman–Crippen LogP) is 4.48. The number of rotatable bonds is 9. The van der Waals surface area contributed by atoms with Crippen molar-refractivity contribution in [1.29, 1.82) is 0 Å². The molecule has 0 saturated heterocycles. The van der Waals surface area contributed by atoms with Gasteiger partial charge in [-0.2, -0.15) is 0 Å². The van der Waals surface area contributed by atoms with Gasteiger partial charge in [-0.05, 0) is 42.2 Å². The average molecular weight is 479 g/mol. The number of hydrogen-bond acceptors (Lipinski definition) is 4. The number of carbonyl (C=O) groups is 1. The van der Waals surface area contributed by atoms with E-state index in [1.165, 1.54) is 19.2 Å². The Morgan fingerprint density at radius 2 is 1.53 bits per heavy atom. The first-order valence-corrected chi connectivity index (χ1v) is 13.0. The van der Waals surface area contributed by atoms with Crippen molar-refractivity contribution in [2.45, 2.75) is 42.5 Å². The molecule has 0 aliphatic heterocycles. The second-order valence-corrected chi connectivity index (χ2v) is 10.2. The molecule has 1 aliphatic carbocycles. The molecule has 0 radical (unpaired) electrons. The summed E-state index contributed by atoms with van der Waals surface area (Å²) < 4.78 is 34.2. The van der Waals surface area contributed by atoms with Gasteiger partial charge in [0.2, 0.25) is 10.0 Å². The molecule has 1 aliphatic rings. The quantitative estimate of drug-likeness (QED) is 0.475. The Morgan fingerprint density at radius 3 is 2.09 bits per heavy atom. The molecular weight excluding hydrogens is 448 g/mol. The van der Waals surface area contributed by atoms with E-state index in [4.69, 9.17) is 4.74 Å². The summed E-state index contributed by atoms with van der Waals surface area (Å²) in [7, 11) is -2.39. The van der Waals surface area contributed by atoms with E-state index in [-0.39, 0.29) is 34.1 Å². The lowest BCUT2D eigenvalue weighted by molar-refractivity contribution is 0.0952. The second-order valence-electron chi connectivity index (χ2n) is 8.55. The molecule has 3 aromatic carbocycles.